The van der Waals surface area contributed by atoms with Crippen molar-refractivity contribution >= 4 is 23.1 Å². The van der Waals surface area contributed by atoms with Crippen LogP contribution >= 0.6 is 12.2 Å². The van der Waals surface area contributed by atoms with Crippen LogP contribution in [-0.2, 0) is 4.79 Å². The van der Waals surface area contributed by atoms with Crippen LogP contribution in [0.5, 0.6) is 0 Å². The van der Waals surface area contributed by atoms with Gasteiger partial charge in [-0.3, -0.25) is 4.79 Å². The summed E-state index contributed by atoms with van der Waals surface area (Å²) in [4.78, 5) is 14.7. The van der Waals surface area contributed by atoms with Gasteiger partial charge < -0.3 is 10.6 Å². The Morgan fingerprint density at radius 1 is 1.35 bits per heavy atom. The minimum Gasteiger partial charge on any atom is -0.393 e. The van der Waals surface area contributed by atoms with Crippen molar-refractivity contribution in [1.82, 2.24) is 4.90 Å². The molecule has 2 N–H and O–H groups in total. The van der Waals surface area contributed by atoms with E-state index in [1.807, 2.05) is 18.7 Å². The van der Waals surface area contributed by atoms with Crippen molar-refractivity contribution in [2.45, 2.75) is 58.4 Å². The Labute approximate surface area is 110 Å². The third-order valence-corrected chi connectivity index (χ3v) is 3.60. The second-order valence-corrected chi connectivity index (χ2v) is 5.72. The predicted molar refractivity (Wildman–Crippen MR) is 74.8 cm³/mol. The maximum absolute atomic E-state index is 12.2. The molecule has 1 aliphatic carbocycles. The number of nitrogens with two attached hydrogens (primary N) is 1. The molecular formula is C13H24N2OS. The normalized spacial score (nSPS) is 17.1. The van der Waals surface area contributed by atoms with E-state index in [2.05, 4.69) is 0 Å². The highest BCUT2D eigenvalue weighted by molar-refractivity contribution is 7.80. The van der Waals surface area contributed by atoms with E-state index < -0.39 is 0 Å². The SMILES string of the molecule is CC(C)C(=O)N(CCC(N)=S)C1CCCCC1. The molecule has 1 rings (SSSR count). The van der Waals surface area contributed by atoms with E-state index in [9.17, 15) is 4.79 Å². The van der Waals surface area contributed by atoms with Gasteiger partial charge in [-0.2, -0.15) is 0 Å². The average Bonchev–Trinajstić information content (AvgIpc) is 2.30. The van der Waals surface area contributed by atoms with Crippen molar-refractivity contribution < 1.29 is 4.79 Å². The number of amides is 1. The molecule has 1 saturated carbocycles. The minimum atomic E-state index is 0.0586. The zero-order valence-electron chi connectivity index (χ0n) is 10.9. The first-order valence-electron chi connectivity index (χ1n) is 6.61. The third kappa shape index (κ3) is 4.62. The smallest absolute Gasteiger partial charge is 0.225 e. The zero-order chi connectivity index (χ0) is 12.8. The van der Waals surface area contributed by atoms with Gasteiger partial charge in [0.1, 0.15) is 0 Å². The fourth-order valence-electron chi connectivity index (χ4n) is 2.43. The summed E-state index contributed by atoms with van der Waals surface area (Å²) in [5.74, 6) is 0.302. The van der Waals surface area contributed by atoms with Crippen molar-refractivity contribution in [3.05, 3.63) is 0 Å². The van der Waals surface area contributed by atoms with Gasteiger partial charge in [-0.25, -0.2) is 0 Å². The second kappa shape index (κ2) is 6.94. The Bertz CT molecular complexity index is 273. The van der Waals surface area contributed by atoms with Crippen LogP contribution in [0.3, 0.4) is 0 Å². The molecule has 0 bridgehead atoms. The maximum atomic E-state index is 12.2. The Morgan fingerprint density at radius 3 is 2.41 bits per heavy atom. The first-order valence-corrected chi connectivity index (χ1v) is 7.02. The lowest BCUT2D eigenvalue weighted by molar-refractivity contribution is -0.137. The highest BCUT2D eigenvalue weighted by Crippen LogP contribution is 2.24. The molecule has 1 fully saturated rings. The number of hydrogen-bond donors (Lipinski definition) is 1. The van der Waals surface area contributed by atoms with Gasteiger partial charge >= 0.3 is 0 Å². The van der Waals surface area contributed by atoms with Crippen LogP contribution in [0.4, 0.5) is 0 Å². The van der Waals surface area contributed by atoms with E-state index in [1.54, 1.807) is 0 Å². The van der Waals surface area contributed by atoms with Gasteiger partial charge in [-0.1, -0.05) is 45.3 Å². The Morgan fingerprint density at radius 2 is 1.94 bits per heavy atom. The average molecular weight is 256 g/mol. The van der Waals surface area contributed by atoms with Crippen molar-refractivity contribution in [3.8, 4) is 0 Å². The molecule has 0 saturated heterocycles. The Kier molecular flexibility index (Phi) is 5.89. The van der Waals surface area contributed by atoms with Gasteiger partial charge in [-0.05, 0) is 12.8 Å². The molecule has 3 nitrogen and oxygen atoms in total. The standard InChI is InChI=1S/C13H24N2OS/c1-10(2)13(16)15(9-8-12(14)17)11-6-4-3-5-7-11/h10-11H,3-9H2,1-2H3,(H2,14,17). The van der Waals surface area contributed by atoms with Crippen molar-refractivity contribution in [3.63, 3.8) is 0 Å². The van der Waals surface area contributed by atoms with Crippen LogP contribution in [0.1, 0.15) is 52.4 Å². The topological polar surface area (TPSA) is 46.3 Å². The lowest BCUT2D eigenvalue weighted by atomic mass is 9.93. The highest BCUT2D eigenvalue weighted by Gasteiger charge is 2.26. The number of thiocarbonyl (C=S) groups is 1. The molecule has 17 heavy (non-hydrogen) atoms. The number of carbonyl (C=O) groups is 1. The third-order valence-electron chi connectivity index (χ3n) is 3.39. The maximum Gasteiger partial charge on any atom is 0.225 e. The van der Waals surface area contributed by atoms with Gasteiger partial charge in [0.15, 0.2) is 0 Å². The molecule has 0 unspecified atom stereocenters. The Hall–Kier alpha value is -0.640. The van der Waals surface area contributed by atoms with Crippen molar-refractivity contribution in [2.75, 3.05) is 6.54 Å². The van der Waals surface area contributed by atoms with E-state index in [0.29, 0.717) is 24.0 Å². The summed E-state index contributed by atoms with van der Waals surface area (Å²) in [6.07, 6.45) is 6.69. The summed E-state index contributed by atoms with van der Waals surface area (Å²) < 4.78 is 0. The van der Waals surface area contributed by atoms with Crippen LogP contribution in [0.2, 0.25) is 0 Å². The molecule has 0 aliphatic heterocycles. The summed E-state index contributed by atoms with van der Waals surface area (Å²) in [6, 6.07) is 0.410. The van der Waals surface area contributed by atoms with Crippen molar-refractivity contribution in [2.24, 2.45) is 11.7 Å². The molecule has 1 amide bonds. The van der Waals surface area contributed by atoms with Gasteiger partial charge in [0.25, 0.3) is 0 Å². The second-order valence-electron chi connectivity index (χ2n) is 5.19. The highest BCUT2D eigenvalue weighted by atomic mass is 32.1. The van der Waals surface area contributed by atoms with Crippen molar-refractivity contribution in [1.29, 1.82) is 0 Å². The molecular weight excluding hydrogens is 232 g/mol. The van der Waals surface area contributed by atoms with Crippen LogP contribution in [0.15, 0.2) is 0 Å². The summed E-state index contributed by atoms with van der Waals surface area (Å²) >= 11 is 4.91. The van der Waals surface area contributed by atoms with E-state index in [4.69, 9.17) is 18.0 Å². The minimum absolute atomic E-state index is 0.0586. The van der Waals surface area contributed by atoms with E-state index in [0.717, 1.165) is 12.8 Å². The van der Waals surface area contributed by atoms with E-state index >= 15 is 0 Å². The lowest BCUT2D eigenvalue weighted by Gasteiger charge is -2.35. The molecule has 0 spiro atoms. The molecule has 0 atom stereocenters. The van der Waals surface area contributed by atoms with Crippen LogP contribution in [0.25, 0.3) is 0 Å². The molecule has 4 heteroatoms. The van der Waals surface area contributed by atoms with E-state index in [1.165, 1.54) is 19.3 Å². The predicted octanol–water partition coefficient (Wildman–Crippen LogP) is 2.48. The van der Waals surface area contributed by atoms with Gasteiger partial charge in [0.05, 0.1) is 4.99 Å². The fourth-order valence-corrected chi connectivity index (χ4v) is 2.52. The largest absolute Gasteiger partial charge is 0.393 e. The molecule has 0 heterocycles. The zero-order valence-corrected chi connectivity index (χ0v) is 11.8. The van der Waals surface area contributed by atoms with Crippen LogP contribution in [0, 0.1) is 5.92 Å². The quantitative estimate of drug-likeness (QED) is 0.769. The molecule has 0 radical (unpaired) electrons. The Balaban J connectivity index is 2.62. The molecule has 0 aromatic heterocycles. The van der Waals surface area contributed by atoms with Crippen LogP contribution < -0.4 is 5.73 Å². The molecule has 98 valence electrons. The van der Waals surface area contributed by atoms with Crippen LogP contribution in [-0.4, -0.2) is 28.4 Å². The first-order chi connectivity index (χ1) is 8.02. The molecule has 0 aromatic rings. The molecule has 1 aliphatic rings. The van der Waals surface area contributed by atoms with Gasteiger partial charge in [0.2, 0.25) is 5.91 Å². The summed E-state index contributed by atoms with van der Waals surface area (Å²) in [5, 5.41) is 0. The number of rotatable bonds is 5. The number of carbonyl (C=O) groups excluding carboxylic acids is 1. The van der Waals surface area contributed by atoms with Gasteiger partial charge in [-0.15, -0.1) is 0 Å². The summed E-state index contributed by atoms with van der Waals surface area (Å²) in [6.45, 7) is 4.61. The summed E-state index contributed by atoms with van der Waals surface area (Å²) in [5.41, 5.74) is 5.54. The van der Waals surface area contributed by atoms with E-state index in [-0.39, 0.29) is 11.8 Å². The lowest BCUT2D eigenvalue weighted by Crippen LogP contribution is -2.44. The summed E-state index contributed by atoms with van der Waals surface area (Å²) in [7, 11) is 0. The number of hydrogen-bond acceptors (Lipinski definition) is 2. The van der Waals surface area contributed by atoms with Gasteiger partial charge in [0, 0.05) is 24.9 Å². The number of nitrogens with zero attached hydrogens (tertiary/aromatic N) is 1. The fraction of sp³-hybridized carbons (Fsp3) is 0.846. The monoisotopic (exact) mass is 256 g/mol. The first kappa shape index (κ1) is 14.4. The molecule has 0 aromatic carbocycles.